The lowest BCUT2D eigenvalue weighted by atomic mass is 10.1. The van der Waals surface area contributed by atoms with Gasteiger partial charge in [-0.15, -0.1) is 0 Å². The Morgan fingerprint density at radius 2 is 2.38 bits per heavy atom. The van der Waals surface area contributed by atoms with Crippen molar-refractivity contribution in [1.82, 2.24) is 5.32 Å². The molecule has 0 saturated carbocycles. The molecule has 1 atom stereocenters. The number of hydrogen-bond acceptors (Lipinski definition) is 4. The summed E-state index contributed by atoms with van der Waals surface area (Å²) in [7, 11) is 0. The van der Waals surface area contributed by atoms with E-state index in [1.54, 1.807) is 6.07 Å². The van der Waals surface area contributed by atoms with Crippen molar-refractivity contribution in [3.8, 4) is 0 Å². The first-order valence-electron chi connectivity index (χ1n) is 7.04. The number of amides is 1. The molecule has 1 aromatic carbocycles. The number of halogens is 1. The normalized spacial score (nSPS) is 18.4. The molecular weight excluding hydrogens is 336 g/mol. The highest BCUT2D eigenvalue weighted by Gasteiger charge is 2.30. The van der Waals surface area contributed by atoms with Crippen molar-refractivity contribution in [3.63, 3.8) is 0 Å². The second kappa shape index (κ2) is 7.56. The van der Waals surface area contributed by atoms with E-state index in [2.05, 4.69) is 21.2 Å². The van der Waals surface area contributed by atoms with Gasteiger partial charge in [0.1, 0.15) is 6.04 Å². The van der Waals surface area contributed by atoms with Crippen LogP contribution in [0.4, 0.5) is 5.69 Å². The molecule has 0 bridgehead atoms. The molecule has 1 aromatic rings. The summed E-state index contributed by atoms with van der Waals surface area (Å²) < 4.78 is 6.31. The molecule has 1 N–H and O–H groups in total. The van der Waals surface area contributed by atoms with Gasteiger partial charge in [-0.3, -0.25) is 9.59 Å². The second-order valence-electron chi connectivity index (χ2n) is 4.90. The number of nitrogens with one attached hydrogen (secondary N) is 1. The Morgan fingerprint density at radius 1 is 1.57 bits per heavy atom. The third kappa shape index (κ3) is 3.83. The summed E-state index contributed by atoms with van der Waals surface area (Å²) in [6, 6.07) is 5.04. The van der Waals surface area contributed by atoms with Gasteiger partial charge in [0.2, 0.25) is 5.91 Å². The van der Waals surface area contributed by atoms with Crippen molar-refractivity contribution in [2.75, 3.05) is 31.2 Å². The Balaban J connectivity index is 2.28. The fourth-order valence-electron chi connectivity index (χ4n) is 2.34. The largest absolute Gasteiger partial charge is 0.377 e. The molecule has 1 unspecified atom stereocenters. The van der Waals surface area contributed by atoms with E-state index in [0.29, 0.717) is 31.9 Å². The zero-order valence-electron chi connectivity index (χ0n) is 12.0. The third-order valence-electron chi connectivity index (χ3n) is 3.41. The number of anilines is 1. The van der Waals surface area contributed by atoms with Gasteiger partial charge in [0.25, 0.3) is 0 Å². The predicted octanol–water partition coefficient (Wildman–Crippen LogP) is 1.99. The summed E-state index contributed by atoms with van der Waals surface area (Å²) in [6.07, 6.45) is 1.70. The van der Waals surface area contributed by atoms with E-state index in [-0.39, 0.29) is 5.91 Å². The Morgan fingerprint density at radius 3 is 3.10 bits per heavy atom. The molecule has 1 saturated heterocycles. The van der Waals surface area contributed by atoms with Crippen LogP contribution in [0.5, 0.6) is 0 Å². The van der Waals surface area contributed by atoms with Crippen LogP contribution in [0.1, 0.15) is 23.7 Å². The smallest absolute Gasteiger partial charge is 0.245 e. The van der Waals surface area contributed by atoms with Crippen LogP contribution < -0.4 is 10.2 Å². The molecule has 0 aromatic heterocycles. The molecule has 2 rings (SSSR count). The molecule has 114 valence electrons. The number of hydrogen-bond donors (Lipinski definition) is 1. The monoisotopic (exact) mass is 354 g/mol. The van der Waals surface area contributed by atoms with Gasteiger partial charge in [0, 0.05) is 28.8 Å². The van der Waals surface area contributed by atoms with E-state index in [1.165, 1.54) is 0 Å². The van der Waals surface area contributed by atoms with Crippen LogP contribution in [-0.4, -0.2) is 44.5 Å². The van der Waals surface area contributed by atoms with E-state index in [4.69, 9.17) is 4.74 Å². The van der Waals surface area contributed by atoms with Gasteiger partial charge in [0.05, 0.1) is 13.2 Å². The van der Waals surface area contributed by atoms with Crippen LogP contribution in [0.25, 0.3) is 0 Å². The van der Waals surface area contributed by atoms with Crippen molar-refractivity contribution in [3.05, 3.63) is 28.2 Å². The number of aldehydes is 1. The van der Waals surface area contributed by atoms with Gasteiger partial charge in [-0.2, -0.15) is 0 Å². The fraction of sp³-hybridized carbons (Fsp3) is 0.467. The van der Waals surface area contributed by atoms with E-state index in [0.717, 1.165) is 22.9 Å². The molecule has 1 fully saturated rings. The quantitative estimate of drug-likeness (QED) is 0.821. The highest BCUT2D eigenvalue weighted by molar-refractivity contribution is 9.10. The number of ether oxygens (including phenoxy) is 1. The first-order chi connectivity index (χ1) is 10.2. The van der Waals surface area contributed by atoms with E-state index in [1.807, 2.05) is 24.0 Å². The molecule has 0 spiro atoms. The van der Waals surface area contributed by atoms with Crippen molar-refractivity contribution < 1.29 is 14.3 Å². The van der Waals surface area contributed by atoms with Crippen LogP contribution >= 0.6 is 15.9 Å². The van der Waals surface area contributed by atoms with Crippen LogP contribution in [0.3, 0.4) is 0 Å². The van der Waals surface area contributed by atoms with Gasteiger partial charge in [-0.05, 0) is 24.6 Å². The minimum Gasteiger partial charge on any atom is -0.377 e. The third-order valence-corrected chi connectivity index (χ3v) is 3.90. The lowest BCUT2D eigenvalue weighted by Crippen LogP contribution is -2.54. The van der Waals surface area contributed by atoms with Crippen LogP contribution in [0, 0.1) is 0 Å². The molecule has 0 radical (unpaired) electrons. The lowest BCUT2D eigenvalue weighted by Gasteiger charge is -2.37. The van der Waals surface area contributed by atoms with Gasteiger partial charge < -0.3 is 15.0 Å². The number of benzene rings is 1. The summed E-state index contributed by atoms with van der Waals surface area (Å²) in [4.78, 5) is 25.5. The highest BCUT2D eigenvalue weighted by atomic mass is 79.9. The van der Waals surface area contributed by atoms with Gasteiger partial charge in [-0.1, -0.05) is 22.9 Å². The SMILES string of the molecule is CCCNC(=O)C1COCCN1c1cc(Br)ccc1C=O. The van der Waals surface area contributed by atoms with Gasteiger partial charge in [-0.25, -0.2) is 0 Å². The van der Waals surface area contributed by atoms with Crippen molar-refractivity contribution in [1.29, 1.82) is 0 Å². The molecule has 1 aliphatic rings. The minimum atomic E-state index is -0.404. The van der Waals surface area contributed by atoms with Crippen LogP contribution in [0.2, 0.25) is 0 Å². The number of morpholine rings is 1. The first kappa shape index (κ1) is 16.0. The van der Waals surface area contributed by atoms with Crippen molar-refractivity contribution in [2.45, 2.75) is 19.4 Å². The number of carbonyl (C=O) groups is 2. The average molecular weight is 355 g/mol. The van der Waals surface area contributed by atoms with E-state index in [9.17, 15) is 9.59 Å². The number of nitrogens with zero attached hydrogens (tertiary/aromatic N) is 1. The standard InChI is InChI=1S/C15H19BrN2O3/c1-2-5-17-15(20)14-10-21-7-6-18(14)13-8-12(16)4-3-11(13)9-19/h3-4,8-9,14H,2,5-7,10H2,1H3,(H,17,20). The van der Waals surface area contributed by atoms with Gasteiger partial charge >= 0.3 is 0 Å². The summed E-state index contributed by atoms with van der Waals surface area (Å²) in [5.41, 5.74) is 1.34. The lowest BCUT2D eigenvalue weighted by molar-refractivity contribution is -0.124. The Bertz CT molecular complexity index is 522. The first-order valence-corrected chi connectivity index (χ1v) is 7.83. The maximum Gasteiger partial charge on any atom is 0.245 e. The maximum atomic E-state index is 12.3. The summed E-state index contributed by atoms with van der Waals surface area (Å²) in [5.74, 6) is -0.0617. The topological polar surface area (TPSA) is 58.6 Å². The maximum absolute atomic E-state index is 12.3. The fourth-order valence-corrected chi connectivity index (χ4v) is 2.69. The molecule has 21 heavy (non-hydrogen) atoms. The van der Waals surface area contributed by atoms with E-state index >= 15 is 0 Å². The molecule has 6 heteroatoms. The Hall–Kier alpha value is -1.40. The van der Waals surface area contributed by atoms with Crippen molar-refractivity contribution >= 4 is 33.8 Å². The molecule has 1 amide bonds. The van der Waals surface area contributed by atoms with E-state index < -0.39 is 6.04 Å². The Kier molecular flexibility index (Phi) is 5.76. The highest BCUT2D eigenvalue weighted by Crippen LogP contribution is 2.27. The molecule has 1 aliphatic heterocycles. The van der Waals surface area contributed by atoms with Crippen LogP contribution in [0.15, 0.2) is 22.7 Å². The zero-order valence-corrected chi connectivity index (χ0v) is 13.6. The van der Waals surface area contributed by atoms with Gasteiger partial charge in [0.15, 0.2) is 6.29 Å². The minimum absolute atomic E-state index is 0.0617. The number of carbonyl (C=O) groups excluding carboxylic acids is 2. The molecule has 1 heterocycles. The molecular formula is C15H19BrN2O3. The number of rotatable bonds is 5. The zero-order chi connectivity index (χ0) is 15.2. The predicted molar refractivity (Wildman–Crippen MR) is 84.8 cm³/mol. The average Bonchev–Trinajstić information content (AvgIpc) is 2.52. The Labute approximate surface area is 132 Å². The van der Waals surface area contributed by atoms with Crippen LogP contribution in [-0.2, 0) is 9.53 Å². The summed E-state index contributed by atoms with van der Waals surface area (Å²) in [6.45, 7) is 4.11. The second-order valence-corrected chi connectivity index (χ2v) is 5.81. The summed E-state index contributed by atoms with van der Waals surface area (Å²) >= 11 is 3.42. The van der Waals surface area contributed by atoms with Crippen molar-refractivity contribution in [2.24, 2.45) is 0 Å². The molecule has 5 nitrogen and oxygen atoms in total. The summed E-state index contributed by atoms with van der Waals surface area (Å²) in [5, 5.41) is 2.89. The molecule has 0 aliphatic carbocycles.